The van der Waals surface area contributed by atoms with E-state index in [1.54, 1.807) is 0 Å². The quantitative estimate of drug-likeness (QED) is 0.581. The Bertz CT molecular complexity index is 653. The Morgan fingerprint density at radius 2 is 2.26 bits per heavy atom. The van der Waals surface area contributed by atoms with E-state index in [1.807, 2.05) is 0 Å². The standard InChI is InChI=1S/C14H18N4O4S/c1-16-14(21)12-11-9(17-18-12)6-8(19)7-10(13(11)20)23-5-4-22-3-2-15/h7H,2-6,15H2,1H3,(H,16,21)(H,17,18). The molecule has 124 valence electrons. The van der Waals surface area contributed by atoms with Crippen molar-refractivity contribution >= 4 is 29.2 Å². The number of hydrogen-bond donors (Lipinski definition) is 3. The number of thioether (sulfide) groups is 1. The minimum atomic E-state index is -0.471. The number of carbonyl (C=O) groups is 3. The molecular formula is C14H18N4O4S. The number of aromatic nitrogens is 2. The maximum atomic E-state index is 12.7. The number of ketones is 2. The van der Waals surface area contributed by atoms with Crippen molar-refractivity contribution in [2.45, 2.75) is 6.42 Å². The fourth-order valence-corrected chi connectivity index (χ4v) is 2.97. The molecule has 0 spiro atoms. The lowest BCUT2D eigenvalue weighted by atomic mass is 10.1. The topological polar surface area (TPSA) is 127 Å². The number of allylic oxidation sites excluding steroid dienone is 2. The van der Waals surface area contributed by atoms with Gasteiger partial charge in [0.2, 0.25) is 5.78 Å². The average Bonchev–Trinajstić information content (AvgIpc) is 2.90. The lowest BCUT2D eigenvalue weighted by Gasteiger charge is -2.06. The Morgan fingerprint density at radius 3 is 2.96 bits per heavy atom. The number of nitrogens with two attached hydrogens (primary N) is 1. The molecule has 2 rings (SSSR count). The second-order valence-electron chi connectivity index (χ2n) is 4.74. The number of ether oxygens (including phenoxy) is 1. The fraction of sp³-hybridized carbons (Fsp3) is 0.429. The maximum absolute atomic E-state index is 12.7. The van der Waals surface area contributed by atoms with E-state index in [0.717, 1.165) is 0 Å². The van der Waals surface area contributed by atoms with E-state index in [2.05, 4.69) is 15.5 Å². The van der Waals surface area contributed by atoms with Crippen molar-refractivity contribution in [1.29, 1.82) is 0 Å². The van der Waals surface area contributed by atoms with E-state index in [-0.39, 0.29) is 34.1 Å². The zero-order valence-electron chi connectivity index (χ0n) is 12.7. The number of nitrogens with zero attached hydrogens (tertiary/aromatic N) is 1. The van der Waals surface area contributed by atoms with Crippen LogP contribution in [0.15, 0.2) is 11.0 Å². The molecule has 1 aliphatic rings. The minimum absolute atomic E-state index is 0.00748. The molecule has 0 atom stereocenters. The molecule has 1 aromatic heterocycles. The van der Waals surface area contributed by atoms with Crippen LogP contribution in [0.5, 0.6) is 0 Å². The van der Waals surface area contributed by atoms with Gasteiger partial charge in [-0.15, -0.1) is 11.8 Å². The van der Waals surface area contributed by atoms with Gasteiger partial charge in [0.05, 0.1) is 35.8 Å². The number of rotatable bonds is 7. The number of nitrogens with one attached hydrogen (secondary N) is 2. The van der Waals surface area contributed by atoms with Crippen molar-refractivity contribution in [3.8, 4) is 0 Å². The Hall–Kier alpha value is -1.97. The number of Topliss-reactive ketones (excluding diaryl/α,β-unsaturated/α-hetero) is 1. The molecule has 0 aliphatic heterocycles. The summed E-state index contributed by atoms with van der Waals surface area (Å²) in [5, 5.41) is 8.91. The highest BCUT2D eigenvalue weighted by Crippen LogP contribution is 2.27. The van der Waals surface area contributed by atoms with Gasteiger partial charge in [0.25, 0.3) is 5.91 Å². The van der Waals surface area contributed by atoms with Crippen LogP contribution in [0.25, 0.3) is 0 Å². The molecule has 0 unspecified atom stereocenters. The first-order valence-corrected chi connectivity index (χ1v) is 8.06. The van der Waals surface area contributed by atoms with Gasteiger partial charge in [-0.25, -0.2) is 0 Å². The molecule has 23 heavy (non-hydrogen) atoms. The summed E-state index contributed by atoms with van der Waals surface area (Å²) >= 11 is 1.22. The highest BCUT2D eigenvalue weighted by Gasteiger charge is 2.30. The lowest BCUT2D eigenvalue weighted by Crippen LogP contribution is -2.21. The predicted octanol–water partition coefficient (Wildman–Crippen LogP) is -0.330. The molecule has 1 heterocycles. The Labute approximate surface area is 137 Å². The van der Waals surface area contributed by atoms with Crippen molar-refractivity contribution in [2.75, 3.05) is 32.6 Å². The third kappa shape index (κ3) is 4.06. The van der Waals surface area contributed by atoms with Gasteiger partial charge in [-0.1, -0.05) is 0 Å². The summed E-state index contributed by atoms with van der Waals surface area (Å²) in [6.07, 6.45) is 1.33. The summed E-state index contributed by atoms with van der Waals surface area (Å²) in [7, 11) is 1.45. The van der Waals surface area contributed by atoms with E-state index in [0.29, 0.717) is 31.2 Å². The molecule has 0 radical (unpaired) electrons. The predicted molar refractivity (Wildman–Crippen MR) is 85.4 cm³/mol. The second kappa shape index (κ2) is 8.04. The zero-order chi connectivity index (χ0) is 16.8. The van der Waals surface area contributed by atoms with Gasteiger partial charge in [0.1, 0.15) is 0 Å². The Balaban J connectivity index is 2.19. The Kier molecular flexibility index (Phi) is 6.08. The summed E-state index contributed by atoms with van der Waals surface area (Å²) in [5.74, 6) is -0.551. The van der Waals surface area contributed by atoms with Crippen LogP contribution in [0.3, 0.4) is 0 Å². The number of carbonyl (C=O) groups excluding carboxylic acids is 3. The van der Waals surface area contributed by atoms with Crippen LogP contribution in [-0.4, -0.2) is 60.2 Å². The number of fused-ring (bicyclic) bond motifs is 1. The van der Waals surface area contributed by atoms with E-state index in [4.69, 9.17) is 10.5 Å². The largest absolute Gasteiger partial charge is 0.379 e. The van der Waals surface area contributed by atoms with Gasteiger partial charge < -0.3 is 15.8 Å². The van der Waals surface area contributed by atoms with E-state index in [9.17, 15) is 14.4 Å². The average molecular weight is 338 g/mol. The normalized spacial score (nSPS) is 14.3. The van der Waals surface area contributed by atoms with E-state index < -0.39 is 5.91 Å². The van der Waals surface area contributed by atoms with Crippen LogP contribution in [-0.2, 0) is 16.0 Å². The monoisotopic (exact) mass is 338 g/mol. The van der Waals surface area contributed by atoms with Gasteiger partial charge in [-0.3, -0.25) is 19.5 Å². The molecule has 4 N–H and O–H groups in total. The third-order valence-corrected chi connectivity index (χ3v) is 4.11. The number of aromatic amines is 1. The van der Waals surface area contributed by atoms with Crippen LogP contribution in [0.1, 0.15) is 26.5 Å². The zero-order valence-corrected chi connectivity index (χ0v) is 13.5. The first kappa shape index (κ1) is 17.4. The van der Waals surface area contributed by atoms with Gasteiger partial charge in [0.15, 0.2) is 11.5 Å². The van der Waals surface area contributed by atoms with Crippen LogP contribution in [0.2, 0.25) is 0 Å². The highest BCUT2D eigenvalue weighted by molar-refractivity contribution is 8.04. The van der Waals surface area contributed by atoms with Crippen molar-refractivity contribution in [1.82, 2.24) is 15.5 Å². The summed E-state index contributed by atoms with van der Waals surface area (Å²) in [5.41, 5.74) is 5.86. The van der Waals surface area contributed by atoms with Crippen molar-refractivity contribution in [3.63, 3.8) is 0 Å². The molecule has 8 nitrogen and oxygen atoms in total. The molecule has 9 heteroatoms. The van der Waals surface area contributed by atoms with Crippen LogP contribution >= 0.6 is 11.8 Å². The van der Waals surface area contributed by atoms with Crippen LogP contribution in [0.4, 0.5) is 0 Å². The first-order valence-electron chi connectivity index (χ1n) is 7.07. The van der Waals surface area contributed by atoms with Gasteiger partial charge in [-0.05, 0) is 6.08 Å². The smallest absolute Gasteiger partial charge is 0.272 e. The number of amides is 1. The maximum Gasteiger partial charge on any atom is 0.272 e. The van der Waals surface area contributed by atoms with Crippen molar-refractivity contribution < 1.29 is 19.1 Å². The molecule has 0 fully saturated rings. The molecule has 0 saturated heterocycles. The molecule has 0 bridgehead atoms. The molecule has 1 aromatic rings. The molecule has 1 amide bonds. The van der Waals surface area contributed by atoms with Crippen molar-refractivity contribution in [3.05, 3.63) is 27.9 Å². The summed E-state index contributed by atoms with van der Waals surface area (Å²) in [4.78, 5) is 36.7. The van der Waals surface area contributed by atoms with Gasteiger partial charge >= 0.3 is 0 Å². The van der Waals surface area contributed by atoms with Crippen LogP contribution in [0, 0.1) is 0 Å². The van der Waals surface area contributed by atoms with E-state index in [1.165, 1.54) is 24.9 Å². The van der Waals surface area contributed by atoms with E-state index >= 15 is 0 Å². The van der Waals surface area contributed by atoms with Gasteiger partial charge in [-0.2, -0.15) is 5.10 Å². The first-order chi connectivity index (χ1) is 11.1. The van der Waals surface area contributed by atoms with Crippen molar-refractivity contribution in [2.24, 2.45) is 5.73 Å². The third-order valence-electron chi connectivity index (χ3n) is 3.12. The SMILES string of the molecule is CNC(=O)c1n[nH]c2c1C(=O)C(SCCOCCN)=CC(=O)C2. The molecule has 0 aromatic carbocycles. The molecule has 1 aliphatic carbocycles. The fourth-order valence-electron chi connectivity index (χ4n) is 2.10. The summed E-state index contributed by atoms with van der Waals surface area (Å²) < 4.78 is 5.25. The number of hydrogen-bond acceptors (Lipinski definition) is 7. The second-order valence-corrected chi connectivity index (χ2v) is 5.87. The summed E-state index contributed by atoms with van der Waals surface area (Å²) in [6.45, 7) is 1.29. The van der Waals surface area contributed by atoms with Gasteiger partial charge in [0, 0.05) is 19.3 Å². The van der Waals surface area contributed by atoms with Crippen LogP contribution < -0.4 is 11.1 Å². The highest BCUT2D eigenvalue weighted by atomic mass is 32.2. The minimum Gasteiger partial charge on any atom is -0.379 e. The molecule has 0 saturated carbocycles. The Morgan fingerprint density at radius 1 is 1.48 bits per heavy atom. The molecular weight excluding hydrogens is 320 g/mol. The number of H-pyrrole nitrogens is 1. The summed E-state index contributed by atoms with van der Waals surface area (Å²) in [6, 6.07) is 0. The lowest BCUT2D eigenvalue weighted by molar-refractivity contribution is -0.114.